The lowest BCUT2D eigenvalue weighted by Crippen LogP contribution is -2.51. The lowest BCUT2D eigenvalue weighted by atomic mass is 9.47. The van der Waals surface area contributed by atoms with Crippen LogP contribution in [0.3, 0.4) is 0 Å². The van der Waals surface area contributed by atoms with Gasteiger partial charge in [0.2, 0.25) is 0 Å². The zero-order valence-corrected chi connectivity index (χ0v) is 32.9. The van der Waals surface area contributed by atoms with Crippen molar-refractivity contribution in [3.63, 3.8) is 0 Å². The summed E-state index contributed by atoms with van der Waals surface area (Å²) < 4.78 is 6.13. The van der Waals surface area contributed by atoms with Crippen molar-refractivity contribution in [2.75, 3.05) is 0 Å². The molecule has 4 rings (SSSR count). The minimum absolute atomic E-state index is 0.0471. The molecule has 0 aromatic carbocycles. The van der Waals surface area contributed by atoms with Gasteiger partial charge in [0.1, 0.15) is 6.10 Å². The van der Waals surface area contributed by atoms with Gasteiger partial charge in [-0.05, 0) is 136 Å². The summed E-state index contributed by atoms with van der Waals surface area (Å²) >= 11 is 0. The lowest BCUT2D eigenvalue weighted by molar-refractivity contribution is -0.151. The predicted octanol–water partition coefficient (Wildman–Crippen LogP) is 14.0. The third-order valence-corrected chi connectivity index (χ3v) is 14.7. The number of fused-ring (bicyclic) bond motifs is 5. The molecule has 9 unspecified atom stereocenters. The summed E-state index contributed by atoms with van der Waals surface area (Å²) in [5, 5.41) is 0. The Hall–Kier alpha value is -1.31. The standard InChI is InChI=1S/C46H78O2/c1-8-9-10-11-12-13-14-15-16-17-18-19-20-21-22-23-44(47)48-39-30-32-45(6)38(34-39)26-27-40-42-29-28-41(46(42,7)33-31-43(40)45)37(5)25-24-36(4)35(2)3/h12-13,15-16,26,35-37,39-43H,8-11,14,17-25,27-34H2,1-7H3/b13-12-,16-15-. The van der Waals surface area contributed by atoms with E-state index in [1.54, 1.807) is 5.57 Å². The first-order valence-electron chi connectivity index (χ1n) is 21.3. The number of rotatable bonds is 20. The SMILES string of the molecule is CCCCC/C=C\C/C=C\CCCCCCCC(=O)OC1CCC2(C)C(=CCC3C2CCC2(C)C(C(C)CCC(C)C(C)C)CCC32)C1. The van der Waals surface area contributed by atoms with Crippen LogP contribution in [-0.2, 0) is 9.53 Å². The second-order valence-corrected chi connectivity index (χ2v) is 18.1. The minimum Gasteiger partial charge on any atom is -0.462 e. The Bertz CT molecular complexity index is 1050. The van der Waals surface area contributed by atoms with Crippen molar-refractivity contribution < 1.29 is 9.53 Å². The van der Waals surface area contributed by atoms with E-state index in [4.69, 9.17) is 4.74 Å². The van der Waals surface area contributed by atoms with Crippen molar-refractivity contribution >= 4 is 5.97 Å². The largest absolute Gasteiger partial charge is 0.462 e. The Labute approximate surface area is 298 Å². The number of allylic oxidation sites excluding steroid dienone is 5. The molecule has 0 bridgehead atoms. The van der Waals surface area contributed by atoms with Crippen molar-refractivity contribution in [1.29, 1.82) is 0 Å². The van der Waals surface area contributed by atoms with Crippen LogP contribution in [0.2, 0.25) is 0 Å². The maximum Gasteiger partial charge on any atom is 0.306 e. The molecular weight excluding hydrogens is 585 g/mol. The van der Waals surface area contributed by atoms with Gasteiger partial charge in [-0.15, -0.1) is 0 Å². The van der Waals surface area contributed by atoms with E-state index < -0.39 is 0 Å². The zero-order valence-electron chi connectivity index (χ0n) is 32.9. The summed E-state index contributed by atoms with van der Waals surface area (Å²) in [6.45, 7) is 17.4. The Morgan fingerprint density at radius 3 is 2.27 bits per heavy atom. The summed E-state index contributed by atoms with van der Waals surface area (Å²) in [5.74, 6) is 6.06. The minimum atomic E-state index is 0.0471. The molecule has 3 saturated carbocycles. The molecule has 0 N–H and O–H groups in total. The van der Waals surface area contributed by atoms with Crippen molar-refractivity contribution in [1.82, 2.24) is 0 Å². The first-order chi connectivity index (χ1) is 23.1. The Morgan fingerprint density at radius 2 is 1.54 bits per heavy atom. The number of carbonyl (C=O) groups is 1. The number of hydrogen-bond donors (Lipinski definition) is 0. The van der Waals surface area contributed by atoms with Gasteiger partial charge in [0.15, 0.2) is 0 Å². The summed E-state index contributed by atoms with van der Waals surface area (Å²) in [6, 6.07) is 0. The van der Waals surface area contributed by atoms with Crippen LogP contribution in [0.5, 0.6) is 0 Å². The molecule has 48 heavy (non-hydrogen) atoms. The first kappa shape index (κ1) is 39.5. The van der Waals surface area contributed by atoms with E-state index in [1.165, 1.54) is 103 Å². The third kappa shape index (κ3) is 10.4. The number of unbranched alkanes of at least 4 members (excludes halogenated alkanes) is 8. The van der Waals surface area contributed by atoms with E-state index in [2.05, 4.69) is 78.8 Å². The van der Waals surface area contributed by atoms with E-state index in [9.17, 15) is 4.79 Å². The van der Waals surface area contributed by atoms with Gasteiger partial charge < -0.3 is 4.74 Å². The average Bonchev–Trinajstić information content (AvgIpc) is 3.42. The Kier molecular flexibility index (Phi) is 15.9. The van der Waals surface area contributed by atoms with E-state index >= 15 is 0 Å². The highest BCUT2D eigenvalue weighted by atomic mass is 16.5. The Morgan fingerprint density at radius 1 is 0.833 bits per heavy atom. The normalized spacial score (nSPS) is 33.0. The zero-order chi connectivity index (χ0) is 34.6. The molecule has 4 aliphatic rings. The van der Waals surface area contributed by atoms with E-state index in [1.807, 2.05) is 0 Å². The molecular formula is C46H78O2. The number of ether oxygens (including phenoxy) is 1. The molecule has 0 amide bonds. The fourth-order valence-electron chi connectivity index (χ4n) is 11.1. The fourth-order valence-corrected chi connectivity index (χ4v) is 11.1. The van der Waals surface area contributed by atoms with Crippen molar-refractivity contribution in [2.45, 2.75) is 196 Å². The maximum absolute atomic E-state index is 12.8. The van der Waals surface area contributed by atoms with Gasteiger partial charge in [0, 0.05) is 12.8 Å². The van der Waals surface area contributed by atoms with Crippen LogP contribution in [0.4, 0.5) is 0 Å². The quantitative estimate of drug-likeness (QED) is 0.0736. The van der Waals surface area contributed by atoms with E-state index in [0.717, 1.165) is 73.5 Å². The molecule has 0 aliphatic heterocycles. The van der Waals surface area contributed by atoms with Crippen LogP contribution in [0.15, 0.2) is 36.0 Å². The van der Waals surface area contributed by atoms with Crippen LogP contribution in [0.25, 0.3) is 0 Å². The van der Waals surface area contributed by atoms with Gasteiger partial charge in [0.25, 0.3) is 0 Å². The average molecular weight is 663 g/mol. The molecule has 0 heterocycles. The predicted molar refractivity (Wildman–Crippen MR) is 207 cm³/mol. The number of hydrogen-bond acceptors (Lipinski definition) is 2. The maximum atomic E-state index is 12.8. The van der Waals surface area contributed by atoms with Gasteiger partial charge in [-0.25, -0.2) is 0 Å². The molecule has 2 heteroatoms. The highest BCUT2D eigenvalue weighted by Gasteiger charge is 2.59. The van der Waals surface area contributed by atoms with Gasteiger partial charge in [0.05, 0.1) is 0 Å². The summed E-state index contributed by atoms with van der Waals surface area (Å²) in [5.41, 5.74) is 2.50. The number of carbonyl (C=O) groups excluding carboxylic acids is 1. The molecule has 9 atom stereocenters. The number of esters is 1. The first-order valence-corrected chi connectivity index (χ1v) is 21.3. The van der Waals surface area contributed by atoms with Crippen LogP contribution in [0, 0.1) is 52.3 Å². The van der Waals surface area contributed by atoms with Crippen LogP contribution in [0.1, 0.15) is 190 Å². The lowest BCUT2D eigenvalue weighted by Gasteiger charge is -2.58. The Balaban J connectivity index is 1.14. The van der Waals surface area contributed by atoms with Gasteiger partial charge in [-0.3, -0.25) is 4.79 Å². The molecule has 0 radical (unpaired) electrons. The van der Waals surface area contributed by atoms with Crippen molar-refractivity contribution in [3.05, 3.63) is 36.0 Å². The van der Waals surface area contributed by atoms with E-state index in [-0.39, 0.29) is 12.1 Å². The van der Waals surface area contributed by atoms with Crippen LogP contribution >= 0.6 is 0 Å². The highest BCUT2D eigenvalue weighted by Crippen LogP contribution is 2.67. The molecule has 0 aromatic rings. The molecule has 0 saturated heterocycles. The van der Waals surface area contributed by atoms with Crippen LogP contribution in [-0.4, -0.2) is 12.1 Å². The van der Waals surface area contributed by atoms with Gasteiger partial charge in [-0.1, -0.05) is 129 Å². The molecule has 4 aliphatic carbocycles. The van der Waals surface area contributed by atoms with Crippen molar-refractivity contribution in [2.24, 2.45) is 52.3 Å². The monoisotopic (exact) mass is 663 g/mol. The molecule has 3 fully saturated rings. The fraction of sp³-hybridized carbons (Fsp3) is 0.848. The van der Waals surface area contributed by atoms with E-state index in [0.29, 0.717) is 17.3 Å². The van der Waals surface area contributed by atoms with Crippen LogP contribution < -0.4 is 0 Å². The van der Waals surface area contributed by atoms with Gasteiger partial charge >= 0.3 is 5.97 Å². The summed E-state index contributed by atoms with van der Waals surface area (Å²) in [6.07, 6.45) is 39.1. The second kappa shape index (κ2) is 19.3. The molecule has 0 spiro atoms. The topological polar surface area (TPSA) is 26.3 Å². The van der Waals surface area contributed by atoms with Gasteiger partial charge in [-0.2, -0.15) is 0 Å². The van der Waals surface area contributed by atoms with Crippen molar-refractivity contribution in [3.8, 4) is 0 Å². The summed E-state index contributed by atoms with van der Waals surface area (Å²) in [7, 11) is 0. The third-order valence-electron chi connectivity index (χ3n) is 14.7. The molecule has 274 valence electrons. The second-order valence-electron chi connectivity index (χ2n) is 18.1. The molecule has 2 nitrogen and oxygen atoms in total. The highest BCUT2D eigenvalue weighted by molar-refractivity contribution is 5.69. The summed E-state index contributed by atoms with van der Waals surface area (Å²) in [4.78, 5) is 12.8. The molecule has 0 aromatic heterocycles. The smallest absolute Gasteiger partial charge is 0.306 e.